The molecule has 1 amide bonds. The molecule has 4 aromatic rings. The summed E-state index contributed by atoms with van der Waals surface area (Å²) in [6, 6.07) is 15.0. The Morgan fingerprint density at radius 2 is 1.83 bits per heavy atom. The number of aromatic nitrogens is 3. The fourth-order valence-corrected chi connectivity index (χ4v) is 3.36. The highest BCUT2D eigenvalue weighted by Crippen LogP contribution is 2.36. The van der Waals surface area contributed by atoms with E-state index in [1.54, 1.807) is 29.1 Å². The van der Waals surface area contributed by atoms with Crippen molar-refractivity contribution in [3.8, 4) is 11.5 Å². The lowest BCUT2D eigenvalue weighted by Gasteiger charge is -2.13. The fraction of sp³-hybridized carbons (Fsp3) is 0.136. The van der Waals surface area contributed by atoms with Crippen LogP contribution in [-0.2, 0) is 6.54 Å². The van der Waals surface area contributed by atoms with Crippen LogP contribution in [0.3, 0.4) is 0 Å². The molecule has 0 unspecified atom stereocenters. The standard InChI is InChI=1S/C22H19ClN4O3/c1-29-19-10-20(30-2)18(9-17(19)23)26-22(28)16-8-15-12-25-27(21(15)24-11-16)13-14-6-4-3-5-7-14/h3-12H,13H2,1-2H3,(H,26,28). The van der Waals surface area contributed by atoms with Crippen LogP contribution in [0.4, 0.5) is 5.69 Å². The van der Waals surface area contributed by atoms with E-state index in [0.717, 1.165) is 10.9 Å². The van der Waals surface area contributed by atoms with E-state index in [9.17, 15) is 4.79 Å². The van der Waals surface area contributed by atoms with Crippen LogP contribution >= 0.6 is 11.6 Å². The van der Waals surface area contributed by atoms with Crippen LogP contribution < -0.4 is 14.8 Å². The molecule has 0 aliphatic carbocycles. The van der Waals surface area contributed by atoms with E-state index in [-0.39, 0.29) is 5.91 Å². The number of rotatable bonds is 6. The summed E-state index contributed by atoms with van der Waals surface area (Å²) in [6.07, 6.45) is 3.23. The van der Waals surface area contributed by atoms with Crippen LogP contribution in [0.2, 0.25) is 5.02 Å². The summed E-state index contributed by atoms with van der Waals surface area (Å²) in [6.45, 7) is 0.602. The van der Waals surface area contributed by atoms with Gasteiger partial charge in [0.05, 0.1) is 43.2 Å². The number of pyridine rings is 1. The zero-order valence-corrected chi connectivity index (χ0v) is 17.2. The lowest BCUT2D eigenvalue weighted by molar-refractivity contribution is 0.102. The summed E-state index contributed by atoms with van der Waals surface area (Å²) in [5.41, 5.74) is 2.67. The number of hydrogen-bond donors (Lipinski definition) is 1. The number of nitrogens with zero attached hydrogens (tertiary/aromatic N) is 3. The summed E-state index contributed by atoms with van der Waals surface area (Å²) in [7, 11) is 3.02. The zero-order valence-electron chi connectivity index (χ0n) is 16.4. The third kappa shape index (κ3) is 3.92. The van der Waals surface area contributed by atoms with Gasteiger partial charge in [0, 0.05) is 17.6 Å². The van der Waals surface area contributed by atoms with Gasteiger partial charge in [-0.1, -0.05) is 41.9 Å². The zero-order chi connectivity index (χ0) is 21.1. The summed E-state index contributed by atoms with van der Waals surface area (Å²) < 4.78 is 12.3. The van der Waals surface area contributed by atoms with Gasteiger partial charge in [0.1, 0.15) is 11.5 Å². The SMILES string of the molecule is COc1cc(OC)c(NC(=O)c2cnc3c(cnn3Cc3ccccc3)c2)cc1Cl. The lowest BCUT2D eigenvalue weighted by atomic mass is 10.2. The van der Waals surface area contributed by atoms with Gasteiger partial charge in [-0.25, -0.2) is 9.67 Å². The molecule has 0 aliphatic heterocycles. The second-order valence-corrected chi connectivity index (χ2v) is 6.97. The molecule has 0 saturated carbocycles. The van der Waals surface area contributed by atoms with Crippen molar-refractivity contribution in [2.45, 2.75) is 6.54 Å². The molecular weight excluding hydrogens is 404 g/mol. The highest BCUT2D eigenvalue weighted by atomic mass is 35.5. The minimum atomic E-state index is -0.334. The number of carbonyl (C=O) groups is 1. The first-order valence-corrected chi connectivity index (χ1v) is 9.55. The van der Waals surface area contributed by atoms with Crippen LogP contribution in [-0.4, -0.2) is 34.9 Å². The maximum atomic E-state index is 12.8. The molecule has 1 N–H and O–H groups in total. The third-order valence-corrected chi connectivity index (χ3v) is 4.93. The Labute approximate surface area is 178 Å². The maximum absolute atomic E-state index is 12.8. The predicted molar refractivity (Wildman–Crippen MR) is 116 cm³/mol. The van der Waals surface area contributed by atoms with Crippen molar-refractivity contribution < 1.29 is 14.3 Å². The number of amides is 1. The number of methoxy groups -OCH3 is 2. The lowest BCUT2D eigenvalue weighted by Crippen LogP contribution is -2.13. The summed E-state index contributed by atoms with van der Waals surface area (Å²) in [4.78, 5) is 17.2. The van der Waals surface area contributed by atoms with Crippen molar-refractivity contribution in [3.63, 3.8) is 0 Å². The summed E-state index contributed by atoms with van der Waals surface area (Å²) in [5, 5.41) is 8.36. The molecule has 8 heteroatoms. The van der Waals surface area contributed by atoms with Crippen molar-refractivity contribution in [1.82, 2.24) is 14.8 Å². The average molecular weight is 423 g/mol. The number of fused-ring (bicyclic) bond motifs is 1. The number of ether oxygens (including phenoxy) is 2. The molecule has 0 aliphatic rings. The van der Waals surface area contributed by atoms with Crippen LogP contribution in [0.25, 0.3) is 11.0 Å². The largest absolute Gasteiger partial charge is 0.495 e. The van der Waals surface area contributed by atoms with Crippen molar-refractivity contribution in [1.29, 1.82) is 0 Å². The molecule has 152 valence electrons. The van der Waals surface area contributed by atoms with Crippen LogP contribution in [0.5, 0.6) is 11.5 Å². The third-order valence-electron chi connectivity index (χ3n) is 4.64. The highest BCUT2D eigenvalue weighted by molar-refractivity contribution is 6.32. The molecule has 0 spiro atoms. The van der Waals surface area contributed by atoms with Crippen molar-refractivity contribution >= 4 is 34.2 Å². The minimum absolute atomic E-state index is 0.334. The van der Waals surface area contributed by atoms with Gasteiger partial charge < -0.3 is 14.8 Å². The molecule has 2 heterocycles. The van der Waals surface area contributed by atoms with Gasteiger partial charge in [0.2, 0.25) is 0 Å². The van der Waals surface area contributed by atoms with E-state index in [0.29, 0.717) is 40.0 Å². The summed E-state index contributed by atoms with van der Waals surface area (Å²) >= 11 is 6.18. The van der Waals surface area contributed by atoms with Crippen molar-refractivity contribution in [2.24, 2.45) is 0 Å². The van der Waals surface area contributed by atoms with Crippen molar-refractivity contribution in [2.75, 3.05) is 19.5 Å². The van der Waals surface area contributed by atoms with E-state index in [1.807, 2.05) is 30.3 Å². The molecule has 4 rings (SSSR count). The van der Waals surface area contributed by atoms with Gasteiger partial charge in [-0.05, 0) is 17.7 Å². The molecule has 7 nitrogen and oxygen atoms in total. The molecule has 0 radical (unpaired) electrons. The monoisotopic (exact) mass is 422 g/mol. The number of anilines is 1. The number of hydrogen-bond acceptors (Lipinski definition) is 5. The smallest absolute Gasteiger partial charge is 0.257 e. The van der Waals surface area contributed by atoms with E-state index < -0.39 is 0 Å². The quantitative estimate of drug-likeness (QED) is 0.498. The van der Waals surface area contributed by atoms with Crippen molar-refractivity contribution in [3.05, 3.63) is 77.1 Å². The maximum Gasteiger partial charge on any atom is 0.257 e. The van der Waals surface area contributed by atoms with Gasteiger partial charge >= 0.3 is 0 Å². The Balaban J connectivity index is 1.58. The minimum Gasteiger partial charge on any atom is -0.495 e. The van der Waals surface area contributed by atoms with Gasteiger partial charge in [-0.15, -0.1) is 0 Å². The Hall–Kier alpha value is -3.58. The van der Waals surface area contributed by atoms with Gasteiger partial charge in [0.15, 0.2) is 5.65 Å². The number of nitrogens with one attached hydrogen (secondary N) is 1. The fourth-order valence-electron chi connectivity index (χ4n) is 3.12. The molecule has 30 heavy (non-hydrogen) atoms. The van der Waals surface area contributed by atoms with E-state index in [2.05, 4.69) is 15.4 Å². The molecule has 0 fully saturated rings. The summed E-state index contributed by atoms with van der Waals surface area (Å²) in [5.74, 6) is 0.564. The first-order chi connectivity index (χ1) is 14.6. The first-order valence-electron chi connectivity index (χ1n) is 9.17. The topological polar surface area (TPSA) is 78.3 Å². The van der Waals surface area contributed by atoms with Crippen LogP contribution in [0.1, 0.15) is 15.9 Å². The number of halogens is 1. The van der Waals surface area contributed by atoms with E-state index in [1.165, 1.54) is 20.4 Å². The molecule has 2 aromatic carbocycles. The molecular formula is C22H19ClN4O3. The van der Waals surface area contributed by atoms with E-state index in [4.69, 9.17) is 21.1 Å². The molecule has 2 aromatic heterocycles. The van der Waals surface area contributed by atoms with E-state index >= 15 is 0 Å². The Kier molecular flexibility index (Phi) is 5.54. The number of benzene rings is 2. The Bertz CT molecular complexity index is 1210. The first kappa shape index (κ1) is 19.7. The molecule has 0 saturated heterocycles. The van der Waals surface area contributed by atoms with Gasteiger partial charge in [-0.3, -0.25) is 4.79 Å². The van der Waals surface area contributed by atoms with Crippen LogP contribution in [0, 0.1) is 0 Å². The predicted octanol–water partition coefficient (Wildman–Crippen LogP) is 4.40. The average Bonchev–Trinajstić information content (AvgIpc) is 3.16. The van der Waals surface area contributed by atoms with Gasteiger partial charge in [-0.2, -0.15) is 5.10 Å². The van der Waals surface area contributed by atoms with Gasteiger partial charge in [0.25, 0.3) is 5.91 Å². The molecule has 0 bridgehead atoms. The normalized spacial score (nSPS) is 10.8. The second-order valence-electron chi connectivity index (χ2n) is 6.57. The Morgan fingerprint density at radius 3 is 2.57 bits per heavy atom. The van der Waals surface area contributed by atoms with Crippen LogP contribution in [0.15, 0.2) is 60.9 Å². The molecule has 0 atom stereocenters. The highest BCUT2D eigenvalue weighted by Gasteiger charge is 2.15. The second kappa shape index (κ2) is 8.42. The number of carbonyl (C=O) groups excluding carboxylic acids is 1. The Morgan fingerprint density at radius 1 is 1.07 bits per heavy atom.